The molecule has 0 aromatic rings. The van der Waals surface area contributed by atoms with E-state index in [1.54, 1.807) is 0 Å². The van der Waals surface area contributed by atoms with Crippen LogP contribution in [0.4, 0.5) is 18.4 Å². The predicted octanol–water partition coefficient (Wildman–Crippen LogP) is 0.968. The van der Waals surface area contributed by atoms with Crippen LogP contribution in [0.15, 0.2) is 0 Å². The van der Waals surface area contributed by atoms with Gasteiger partial charge >= 0.3 is 18.4 Å². The third-order valence-electron chi connectivity index (χ3n) is 0.591. The van der Waals surface area contributed by atoms with Gasteiger partial charge in [-0.2, -0.15) is 8.78 Å². The first-order chi connectivity index (χ1) is 5.33. The Kier molecular flexibility index (Phi) is 3.20. The number of carbonyl (C=O) groups excluding carboxylic acids is 1. The van der Waals surface area contributed by atoms with Crippen molar-refractivity contribution in [2.45, 2.75) is 6.11 Å². The molecular weight excluding hydrogens is 182 g/mol. The molecule has 0 unspecified atom stereocenters. The molecule has 1 heterocycles. The number of rotatable bonds is 0. The molecule has 1 fully saturated rings. The Morgan fingerprint density at radius 2 is 1.92 bits per heavy atom. The van der Waals surface area contributed by atoms with Gasteiger partial charge in [0.2, 0.25) is 0 Å². The smallest absolute Gasteiger partial charge is 0.450 e. The highest BCUT2D eigenvalue weighted by Crippen LogP contribution is 2.22. The minimum atomic E-state index is -3.41. The second-order valence-electron chi connectivity index (χ2n) is 1.56. The number of cyclic esters (lactones) is 2. The summed E-state index contributed by atoms with van der Waals surface area (Å²) in [5.41, 5.74) is 0. The molecular formula is C4H4F2O6. The molecule has 0 atom stereocenters. The molecule has 12 heavy (non-hydrogen) atoms. The van der Waals surface area contributed by atoms with Crippen LogP contribution in [0.5, 0.6) is 0 Å². The van der Waals surface area contributed by atoms with E-state index in [9.17, 15) is 13.6 Å². The van der Waals surface area contributed by atoms with Gasteiger partial charge in [-0.25, -0.2) is 9.59 Å². The van der Waals surface area contributed by atoms with Crippen LogP contribution in [0, 0.1) is 0 Å². The van der Waals surface area contributed by atoms with E-state index in [0.29, 0.717) is 0 Å². The molecule has 2 N–H and O–H groups in total. The van der Waals surface area contributed by atoms with Crippen LogP contribution in [0.1, 0.15) is 0 Å². The largest absolute Gasteiger partial charge is 0.513 e. The summed E-state index contributed by atoms with van der Waals surface area (Å²) in [4.78, 5) is 18.3. The molecule has 70 valence electrons. The number of hydrogen-bond acceptors (Lipinski definition) is 4. The monoisotopic (exact) mass is 186 g/mol. The van der Waals surface area contributed by atoms with Crippen molar-refractivity contribution in [3.8, 4) is 0 Å². The summed E-state index contributed by atoms with van der Waals surface area (Å²) >= 11 is 0. The Balaban J connectivity index is 0.000000261. The normalized spacial score (nSPS) is 18.3. The molecule has 1 rings (SSSR count). The second kappa shape index (κ2) is 3.69. The van der Waals surface area contributed by atoms with E-state index in [-0.39, 0.29) is 0 Å². The maximum absolute atomic E-state index is 11.6. The van der Waals surface area contributed by atoms with Crippen molar-refractivity contribution in [2.75, 3.05) is 6.61 Å². The van der Waals surface area contributed by atoms with Crippen LogP contribution in [-0.4, -0.2) is 35.2 Å². The molecule has 0 spiro atoms. The van der Waals surface area contributed by atoms with E-state index < -0.39 is 25.0 Å². The van der Waals surface area contributed by atoms with Gasteiger partial charge in [-0.1, -0.05) is 0 Å². The lowest BCUT2D eigenvalue weighted by Gasteiger charge is -1.98. The van der Waals surface area contributed by atoms with Crippen molar-refractivity contribution >= 4 is 12.3 Å². The van der Waals surface area contributed by atoms with Crippen LogP contribution in [0.2, 0.25) is 0 Å². The Labute approximate surface area is 64.3 Å². The summed E-state index contributed by atoms with van der Waals surface area (Å²) < 4.78 is 30.4. The molecule has 0 saturated carbocycles. The van der Waals surface area contributed by atoms with Crippen molar-refractivity contribution in [3.05, 3.63) is 0 Å². The fourth-order valence-electron chi connectivity index (χ4n) is 0.324. The Hall–Kier alpha value is -1.60. The van der Waals surface area contributed by atoms with Gasteiger partial charge in [-0.15, -0.1) is 0 Å². The summed E-state index contributed by atoms with van der Waals surface area (Å²) in [6, 6.07) is 0. The van der Waals surface area contributed by atoms with E-state index in [1.807, 2.05) is 0 Å². The van der Waals surface area contributed by atoms with Gasteiger partial charge < -0.3 is 19.7 Å². The zero-order valence-corrected chi connectivity index (χ0v) is 5.49. The average molecular weight is 186 g/mol. The van der Waals surface area contributed by atoms with Crippen molar-refractivity contribution in [1.29, 1.82) is 0 Å². The minimum Gasteiger partial charge on any atom is -0.450 e. The molecule has 0 bridgehead atoms. The third kappa shape index (κ3) is 5.21. The maximum Gasteiger partial charge on any atom is 0.513 e. The Morgan fingerprint density at radius 3 is 2.00 bits per heavy atom. The van der Waals surface area contributed by atoms with Gasteiger partial charge in [0.15, 0.2) is 6.61 Å². The summed E-state index contributed by atoms with van der Waals surface area (Å²) in [7, 11) is 0. The van der Waals surface area contributed by atoms with Crippen LogP contribution < -0.4 is 0 Å². The molecule has 0 radical (unpaired) electrons. The minimum absolute atomic E-state index is 0.966. The fraction of sp³-hybridized carbons (Fsp3) is 0.500. The molecule has 8 heteroatoms. The molecule has 6 nitrogen and oxygen atoms in total. The Bertz CT molecular complexity index is 186. The van der Waals surface area contributed by atoms with E-state index >= 15 is 0 Å². The lowest BCUT2D eigenvalue weighted by molar-refractivity contribution is -0.170. The SMILES string of the molecule is O=C(O)O.O=C1OCC(F)(F)O1. The summed E-state index contributed by atoms with van der Waals surface area (Å²) in [5, 5.41) is 13.9. The summed E-state index contributed by atoms with van der Waals surface area (Å²) in [6.07, 6.45) is -6.55. The highest BCUT2D eigenvalue weighted by atomic mass is 19.3. The van der Waals surface area contributed by atoms with E-state index in [4.69, 9.17) is 15.0 Å². The zero-order valence-electron chi connectivity index (χ0n) is 5.49. The second-order valence-corrected chi connectivity index (χ2v) is 1.56. The van der Waals surface area contributed by atoms with Crippen LogP contribution in [0.25, 0.3) is 0 Å². The van der Waals surface area contributed by atoms with Crippen molar-refractivity contribution in [3.63, 3.8) is 0 Å². The van der Waals surface area contributed by atoms with Crippen LogP contribution in [0.3, 0.4) is 0 Å². The van der Waals surface area contributed by atoms with E-state index in [1.165, 1.54) is 0 Å². The zero-order chi connectivity index (χ0) is 9.78. The number of alkyl halides is 2. The number of ether oxygens (including phenoxy) is 2. The molecule has 0 aromatic carbocycles. The molecule has 1 aliphatic rings. The molecule has 0 aliphatic carbocycles. The lowest BCUT2D eigenvalue weighted by Crippen LogP contribution is -2.17. The molecule has 1 saturated heterocycles. The summed E-state index contributed by atoms with van der Waals surface area (Å²) in [5.74, 6) is 0. The number of carboxylic acid groups (broad SMARTS) is 2. The fourth-order valence-corrected chi connectivity index (χ4v) is 0.324. The highest BCUT2D eigenvalue weighted by Gasteiger charge is 2.43. The van der Waals surface area contributed by atoms with Crippen LogP contribution in [-0.2, 0) is 9.47 Å². The van der Waals surface area contributed by atoms with Gasteiger partial charge in [0, 0.05) is 0 Å². The van der Waals surface area contributed by atoms with Crippen molar-refractivity contribution in [2.24, 2.45) is 0 Å². The van der Waals surface area contributed by atoms with Gasteiger partial charge in [0.25, 0.3) is 0 Å². The standard InChI is InChI=1S/C3H2F2O3.CH2O3/c4-3(5)1-7-2(6)8-3;2-1(3)4/h1H2;(H2,2,3,4). The lowest BCUT2D eigenvalue weighted by atomic mass is 10.7. The average Bonchev–Trinajstić information content (AvgIpc) is 2.07. The first-order valence-electron chi connectivity index (χ1n) is 2.49. The van der Waals surface area contributed by atoms with E-state index in [2.05, 4.69) is 9.47 Å². The maximum atomic E-state index is 11.6. The molecule has 0 aromatic heterocycles. The quantitative estimate of drug-likeness (QED) is 0.547. The summed E-state index contributed by atoms with van der Waals surface area (Å²) in [6.45, 7) is -0.966. The van der Waals surface area contributed by atoms with Crippen LogP contribution >= 0.6 is 0 Å². The van der Waals surface area contributed by atoms with Crippen molar-refractivity contribution < 1.29 is 38.1 Å². The van der Waals surface area contributed by atoms with Gasteiger partial charge in [-0.05, 0) is 0 Å². The number of hydrogen-bond donors (Lipinski definition) is 2. The van der Waals surface area contributed by atoms with Gasteiger partial charge in [-0.3, -0.25) is 0 Å². The van der Waals surface area contributed by atoms with E-state index in [0.717, 1.165) is 0 Å². The topological polar surface area (TPSA) is 93.1 Å². The van der Waals surface area contributed by atoms with Gasteiger partial charge in [0.05, 0.1) is 0 Å². The highest BCUT2D eigenvalue weighted by molar-refractivity contribution is 5.61. The number of halogens is 2. The third-order valence-corrected chi connectivity index (χ3v) is 0.591. The first kappa shape index (κ1) is 10.4. The Morgan fingerprint density at radius 1 is 1.50 bits per heavy atom. The molecule has 0 amide bonds. The van der Waals surface area contributed by atoms with Gasteiger partial charge in [0.1, 0.15) is 0 Å². The first-order valence-corrected chi connectivity index (χ1v) is 2.49. The molecule has 1 aliphatic heterocycles. The predicted molar refractivity (Wildman–Crippen MR) is 28.0 cm³/mol. The van der Waals surface area contributed by atoms with Crippen molar-refractivity contribution in [1.82, 2.24) is 0 Å². The number of carbonyl (C=O) groups is 2.